The van der Waals surface area contributed by atoms with Crippen molar-refractivity contribution >= 4 is 15.6 Å². The third-order valence-corrected chi connectivity index (χ3v) is 5.28. The van der Waals surface area contributed by atoms with Gasteiger partial charge in [0.1, 0.15) is 11.6 Å². The molecule has 3 rings (SSSR count). The first-order valence-corrected chi connectivity index (χ1v) is 9.62. The highest BCUT2D eigenvalue weighted by molar-refractivity contribution is 7.93. The lowest BCUT2D eigenvalue weighted by molar-refractivity contribution is -0.159. The van der Waals surface area contributed by atoms with E-state index in [1.807, 2.05) is 0 Å². The second-order valence-electron chi connectivity index (χ2n) is 5.77. The SMILES string of the molecule is CS(=O)(=NC(=O)c1ccc(-c2noc(C(F)(F)F)n2)cc1)c1ccc(F)cc1F. The number of carbonyl (C=O) groups is 1. The molecule has 0 N–H and O–H groups in total. The summed E-state index contributed by atoms with van der Waals surface area (Å²) in [5.74, 6) is -4.81. The molecule has 1 unspecified atom stereocenters. The average Bonchev–Trinajstić information content (AvgIpc) is 3.11. The molecule has 3 aromatic rings. The lowest BCUT2D eigenvalue weighted by Gasteiger charge is -2.06. The minimum atomic E-state index is -4.79. The van der Waals surface area contributed by atoms with E-state index >= 15 is 0 Å². The van der Waals surface area contributed by atoms with Gasteiger partial charge >= 0.3 is 12.1 Å². The second kappa shape index (κ2) is 7.35. The lowest BCUT2D eigenvalue weighted by atomic mass is 10.1. The van der Waals surface area contributed by atoms with E-state index < -0.39 is 44.2 Å². The van der Waals surface area contributed by atoms with Crippen LogP contribution in [0.15, 0.2) is 56.2 Å². The van der Waals surface area contributed by atoms with Crippen LogP contribution in [0.2, 0.25) is 0 Å². The van der Waals surface area contributed by atoms with Crippen LogP contribution in [0.25, 0.3) is 11.4 Å². The minimum absolute atomic E-state index is 0.0645. The van der Waals surface area contributed by atoms with Crippen molar-refractivity contribution in [2.75, 3.05) is 6.26 Å². The van der Waals surface area contributed by atoms with Crippen molar-refractivity contribution in [1.82, 2.24) is 10.1 Å². The second-order valence-corrected chi connectivity index (χ2v) is 8.00. The van der Waals surface area contributed by atoms with Crippen LogP contribution in [0.3, 0.4) is 0 Å². The molecule has 152 valence electrons. The number of halogens is 5. The van der Waals surface area contributed by atoms with Gasteiger partial charge in [-0.1, -0.05) is 17.3 Å². The predicted octanol–water partition coefficient (Wildman–Crippen LogP) is 4.33. The number of benzene rings is 2. The van der Waals surface area contributed by atoms with Gasteiger partial charge in [-0.15, -0.1) is 0 Å². The van der Waals surface area contributed by atoms with E-state index in [1.54, 1.807) is 0 Å². The fourth-order valence-electron chi connectivity index (χ4n) is 2.26. The van der Waals surface area contributed by atoms with E-state index in [0.29, 0.717) is 6.07 Å². The van der Waals surface area contributed by atoms with E-state index in [4.69, 9.17) is 0 Å². The maximum absolute atomic E-state index is 13.8. The van der Waals surface area contributed by atoms with Gasteiger partial charge in [-0.25, -0.2) is 13.0 Å². The molecule has 1 atom stereocenters. The fourth-order valence-corrected chi connectivity index (χ4v) is 3.52. The topological polar surface area (TPSA) is 85.4 Å². The van der Waals surface area contributed by atoms with E-state index in [0.717, 1.165) is 18.4 Å². The van der Waals surface area contributed by atoms with E-state index in [9.17, 15) is 31.0 Å². The average molecular weight is 431 g/mol. The number of alkyl halides is 3. The smallest absolute Gasteiger partial charge is 0.329 e. The molecule has 0 bridgehead atoms. The third-order valence-electron chi connectivity index (χ3n) is 3.62. The van der Waals surface area contributed by atoms with E-state index in [2.05, 4.69) is 19.0 Å². The summed E-state index contributed by atoms with van der Waals surface area (Å²) in [6.45, 7) is 0. The monoisotopic (exact) mass is 431 g/mol. The summed E-state index contributed by atoms with van der Waals surface area (Å²) in [5.41, 5.74) is 0.0630. The molecule has 0 saturated carbocycles. The van der Waals surface area contributed by atoms with Crippen LogP contribution in [-0.2, 0) is 15.9 Å². The molecule has 0 radical (unpaired) electrons. The van der Waals surface area contributed by atoms with Crippen LogP contribution < -0.4 is 0 Å². The summed E-state index contributed by atoms with van der Waals surface area (Å²) in [5, 5.41) is 3.21. The Bertz CT molecular complexity index is 1200. The van der Waals surface area contributed by atoms with Crippen molar-refractivity contribution in [3.8, 4) is 11.4 Å². The third kappa shape index (κ3) is 4.47. The van der Waals surface area contributed by atoms with Gasteiger partial charge in [0.2, 0.25) is 5.82 Å². The van der Waals surface area contributed by atoms with Gasteiger partial charge in [0.15, 0.2) is 0 Å². The van der Waals surface area contributed by atoms with Crippen molar-refractivity contribution in [3.63, 3.8) is 0 Å². The van der Waals surface area contributed by atoms with Crippen LogP contribution in [0, 0.1) is 11.6 Å². The van der Waals surface area contributed by atoms with Gasteiger partial charge in [-0.05, 0) is 24.3 Å². The largest absolute Gasteiger partial charge is 0.471 e. The van der Waals surface area contributed by atoms with Crippen molar-refractivity contribution in [2.45, 2.75) is 11.1 Å². The van der Waals surface area contributed by atoms with Gasteiger partial charge in [0.25, 0.3) is 5.91 Å². The molecular weight excluding hydrogens is 421 g/mol. The molecule has 0 aliphatic heterocycles. The highest BCUT2D eigenvalue weighted by Gasteiger charge is 2.38. The van der Waals surface area contributed by atoms with Crippen LogP contribution in [0.1, 0.15) is 16.2 Å². The molecule has 29 heavy (non-hydrogen) atoms. The Morgan fingerprint density at radius 3 is 2.31 bits per heavy atom. The Kier molecular flexibility index (Phi) is 5.22. The summed E-state index contributed by atoms with van der Waals surface area (Å²) in [6.07, 6.45) is -3.77. The van der Waals surface area contributed by atoms with Crippen molar-refractivity contribution in [1.29, 1.82) is 0 Å². The Morgan fingerprint density at radius 2 is 1.76 bits per heavy atom. The molecule has 12 heteroatoms. The molecule has 1 amide bonds. The molecule has 0 aliphatic rings. The zero-order valence-electron chi connectivity index (χ0n) is 14.4. The Hall–Kier alpha value is -3.15. The zero-order chi connectivity index (χ0) is 21.4. The Balaban J connectivity index is 1.88. The zero-order valence-corrected chi connectivity index (χ0v) is 15.2. The van der Waals surface area contributed by atoms with Crippen molar-refractivity contribution in [3.05, 3.63) is 65.6 Å². The molecule has 2 aromatic carbocycles. The molecule has 0 fully saturated rings. The summed E-state index contributed by atoms with van der Waals surface area (Å²) in [6, 6.07) is 7.21. The van der Waals surface area contributed by atoms with Gasteiger partial charge in [0, 0.05) is 23.4 Å². The molecule has 0 saturated heterocycles. The van der Waals surface area contributed by atoms with E-state index in [-0.39, 0.29) is 17.0 Å². The van der Waals surface area contributed by atoms with Crippen molar-refractivity contribution in [2.24, 2.45) is 4.36 Å². The van der Waals surface area contributed by atoms with Gasteiger partial charge in [-0.2, -0.15) is 22.5 Å². The maximum Gasteiger partial charge on any atom is 0.471 e. The first-order valence-electron chi connectivity index (χ1n) is 7.70. The standard InChI is InChI=1S/C17H10F5N3O3S/c1-29(27,13-7-6-11(18)8-12(13)19)25-15(26)10-4-2-9(3-5-10)14-23-16(28-24-14)17(20,21)22/h2-8H,1H3. The number of aromatic nitrogens is 2. The molecule has 0 aliphatic carbocycles. The number of rotatable bonds is 3. The molecule has 6 nitrogen and oxygen atoms in total. The number of carbonyl (C=O) groups excluding carboxylic acids is 1. The van der Waals surface area contributed by atoms with Crippen LogP contribution in [0.5, 0.6) is 0 Å². The highest BCUT2D eigenvalue weighted by Crippen LogP contribution is 2.29. The normalized spacial score (nSPS) is 13.7. The quantitative estimate of drug-likeness (QED) is 0.577. The van der Waals surface area contributed by atoms with Gasteiger partial charge in [0.05, 0.1) is 14.6 Å². The van der Waals surface area contributed by atoms with Crippen molar-refractivity contribution < 1.29 is 35.5 Å². The number of hydrogen-bond acceptors (Lipinski definition) is 5. The first-order chi connectivity index (χ1) is 13.5. The van der Waals surface area contributed by atoms with Crippen LogP contribution in [-0.4, -0.2) is 26.5 Å². The lowest BCUT2D eigenvalue weighted by Crippen LogP contribution is -2.06. The number of amides is 1. The van der Waals surface area contributed by atoms with E-state index in [1.165, 1.54) is 24.3 Å². The minimum Gasteiger partial charge on any atom is -0.329 e. The summed E-state index contributed by atoms with van der Waals surface area (Å²) < 4.78 is 84.6. The summed E-state index contributed by atoms with van der Waals surface area (Å²) >= 11 is 0. The predicted molar refractivity (Wildman–Crippen MR) is 90.2 cm³/mol. The number of hydrogen-bond donors (Lipinski definition) is 0. The summed E-state index contributed by atoms with van der Waals surface area (Å²) in [4.78, 5) is 15.0. The first kappa shape index (κ1) is 20.6. The molecular formula is C17H10F5N3O3S. The Labute approximate surface area is 160 Å². The van der Waals surface area contributed by atoms with Crippen LogP contribution in [0.4, 0.5) is 22.0 Å². The maximum atomic E-state index is 13.8. The van der Waals surface area contributed by atoms with Crippen LogP contribution >= 0.6 is 0 Å². The highest BCUT2D eigenvalue weighted by atomic mass is 32.2. The van der Waals surface area contributed by atoms with Gasteiger partial charge < -0.3 is 4.52 Å². The number of nitrogens with zero attached hydrogens (tertiary/aromatic N) is 3. The fraction of sp³-hybridized carbons (Fsp3) is 0.118. The molecule has 1 heterocycles. The van der Waals surface area contributed by atoms with Gasteiger partial charge in [-0.3, -0.25) is 4.79 Å². The Morgan fingerprint density at radius 1 is 1.10 bits per heavy atom. The molecule has 0 spiro atoms. The molecule has 1 aromatic heterocycles. The summed E-state index contributed by atoms with van der Waals surface area (Å²) in [7, 11) is -3.51.